The quantitative estimate of drug-likeness (QED) is 0.390. The molecule has 3 aromatic rings. The van der Waals surface area contributed by atoms with Gasteiger partial charge in [0.1, 0.15) is 23.9 Å². The first-order valence-corrected chi connectivity index (χ1v) is 11.5. The number of carbonyl (C=O) groups excluding carboxylic acids is 1. The van der Waals surface area contributed by atoms with Crippen molar-refractivity contribution in [3.05, 3.63) is 88.9 Å². The number of halogens is 1. The van der Waals surface area contributed by atoms with E-state index in [1.165, 1.54) is 22.5 Å². The van der Waals surface area contributed by atoms with Gasteiger partial charge in [-0.05, 0) is 48.4 Å². The molecule has 0 amide bonds. The molecule has 0 fully saturated rings. The first-order chi connectivity index (χ1) is 15.0. The molecule has 0 saturated heterocycles. The number of hydrogen-bond donors (Lipinski definition) is 0. The van der Waals surface area contributed by atoms with Crippen LogP contribution in [0.4, 0.5) is 5.69 Å². The summed E-state index contributed by atoms with van der Waals surface area (Å²) in [7, 11) is -3.93. The van der Waals surface area contributed by atoms with Gasteiger partial charge in [-0.3, -0.25) is 4.31 Å². The maximum atomic E-state index is 13.3. The fourth-order valence-electron chi connectivity index (χ4n) is 3.40. The molecule has 0 radical (unpaired) electrons. The minimum atomic E-state index is -3.93. The molecule has 6 nitrogen and oxygen atoms in total. The normalized spacial score (nSPS) is 13.0. The van der Waals surface area contributed by atoms with Gasteiger partial charge in [-0.1, -0.05) is 48.0 Å². The Hall–Kier alpha value is -3.03. The van der Waals surface area contributed by atoms with Gasteiger partial charge in [-0.25, -0.2) is 13.2 Å². The number of nitrogens with zero attached hydrogens (tertiary/aromatic N) is 1. The number of rotatable bonds is 7. The number of ether oxygens (including phenoxy) is 2. The van der Waals surface area contributed by atoms with E-state index in [0.29, 0.717) is 24.4 Å². The Morgan fingerprint density at radius 3 is 2.52 bits per heavy atom. The van der Waals surface area contributed by atoms with Crippen molar-refractivity contribution < 1.29 is 22.7 Å². The molecule has 8 heteroatoms. The van der Waals surface area contributed by atoms with E-state index in [0.717, 1.165) is 5.56 Å². The van der Waals surface area contributed by atoms with Gasteiger partial charge < -0.3 is 9.47 Å². The third-order valence-electron chi connectivity index (χ3n) is 4.91. The monoisotopic (exact) mass is 457 g/mol. The van der Waals surface area contributed by atoms with Gasteiger partial charge in [0.2, 0.25) is 0 Å². The minimum absolute atomic E-state index is 0.0257. The molecule has 0 aliphatic carbocycles. The van der Waals surface area contributed by atoms with E-state index >= 15 is 0 Å². The third kappa shape index (κ3) is 4.52. The molecule has 0 unspecified atom stereocenters. The zero-order chi connectivity index (χ0) is 21.8. The highest BCUT2D eigenvalue weighted by atomic mass is 35.5. The second-order valence-electron chi connectivity index (χ2n) is 6.90. The molecule has 0 aromatic heterocycles. The lowest BCUT2D eigenvalue weighted by Crippen LogP contribution is -2.29. The molecule has 31 heavy (non-hydrogen) atoms. The topological polar surface area (TPSA) is 72.9 Å². The van der Waals surface area contributed by atoms with Crippen LogP contribution in [0.25, 0.3) is 0 Å². The van der Waals surface area contributed by atoms with Crippen LogP contribution in [0.2, 0.25) is 5.02 Å². The van der Waals surface area contributed by atoms with E-state index in [1.54, 1.807) is 24.3 Å². The van der Waals surface area contributed by atoms with Gasteiger partial charge in [-0.15, -0.1) is 0 Å². The zero-order valence-electron chi connectivity index (χ0n) is 16.5. The van der Waals surface area contributed by atoms with Crippen LogP contribution in [0.1, 0.15) is 15.9 Å². The summed E-state index contributed by atoms with van der Waals surface area (Å²) in [5.74, 6) is 0.0240. The number of hydrogen-bond acceptors (Lipinski definition) is 5. The summed E-state index contributed by atoms with van der Waals surface area (Å²) in [4.78, 5) is 12.3. The molecule has 0 N–H and O–H groups in total. The Kier molecular flexibility index (Phi) is 6.15. The highest BCUT2D eigenvalue weighted by molar-refractivity contribution is 7.93. The van der Waals surface area contributed by atoms with Crippen molar-refractivity contribution in [1.29, 1.82) is 0 Å². The van der Waals surface area contributed by atoms with Crippen LogP contribution < -0.4 is 9.04 Å². The lowest BCUT2D eigenvalue weighted by Gasteiger charge is -2.20. The van der Waals surface area contributed by atoms with Crippen molar-refractivity contribution in [1.82, 2.24) is 0 Å². The maximum Gasteiger partial charge on any atom is 0.338 e. The predicted molar refractivity (Wildman–Crippen MR) is 118 cm³/mol. The average molecular weight is 458 g/mol. The van der Waals surface area contributed by atoms with E-state index < -0.39 is 16.0 Å². The van der Waals surface area contributed by atoms with Gasteiger partial charge in [0, 0.05) is 6.54 Å². The standard InChI is InChI=1S/C23H20ClNO5S/c24-20-11-10-18(23(26)30-15-14-29-19-7-2-1-3-8-19)16-22(20)31(27,28)25-13-12-17-6-4-5-9-21(17)25/h1-11,16H,12-15H2. The van der Waals surface area contributed by atoms with Crippen LogP contribution in [0.15, 0.2) is 77.7 Å². The molecule has 0 bridgehead atoms. The SMILES string of the molecule is O=C(OCCOc1ccccc1)c1ccc(Cl)c(S(=O)(=O)N2CCc3ccccc32)c1. The number of benzene rings is 3. The molecule has 4 rings (SSSR count). The molecule has 1 heterocycles. The van der Waals surface area contributed by atoms with Crippen LogP contribution in [0, 0.1) is 0 Å². The average Bonchev–Trinajstić information content (AvgIpc) is 3.22. The molecular formula is C23H20ClNO5S. The summed E-state index contributed by atoms with van der Waals surface area (Å²) in [6.45, 7) is 0.528. The van der Waals surface area contributed by atoms with Crippen molar-refractivity contribution in [3.63, 3.8) is 0 Å². The Morgan fingerprint density at radius 2 is 1.71 bits per heavy atom. The number of carbonyl (C=O) groups is 1. The molecule has 1 aliphatic rings. The fraction of sp³-hybridized carbons (Fsp3) is 0.174. The van der Waals surface area contributed by atoms with Crippen molar-refractivity contribution >= 4 is 33.3 Å². The number of esters is 1. The molecule has 3 aromatic carbocycles. The Bertz CT molecular complexity index is 1200. The van der Waals surface area contributed by atoms with Crippen LogP contribution in [-0.4, -0.2) is 34.1 Å². The van der Waals surface area contributed by atoms with Crippen molar-refractivity contribution in [2.24, 2.45) is 0 Å². The number of sulfonamides is 1. The van der Waals surface area contributed by atoms with Crippen molar-refractivity contribution in [3.8, 4) is 5.75 Å². The maximum absolute atomic E-state index is 13.3. The summed E-state index contributed by atoms with van der Waals surface area (Å²) in [6.07, 6.45) is 0.621. The summed E-state index contributed by atoms with van der Waals surface area (Å²) in [6, 6.07) is 20.6. The van der Waals surface area contributed by atoms with Crippen LogP contribution in [0.5, 0.6) is 5.75 Å². The summed E-state index contributed by atoms with van der Waals surface area (Å²) in [5.41, 5.74) is 1.69. The fourth-order valence-corrected chi connectivity index (χ4v) is 5.40. The summed E-state index contributed by atoms with van der Waals surface area (Å²) < 4.78 is 38.6. The van der Waals surface area contributed by atoms with Crippen molar-refractivity contribution in [2.75, 3.05) is 24.1 Å². The Morgan fingerprint density at radius 1 is 0.968 bits per heavy atom. The first kappa shape index (κ1) is 21.2. The van der Waals surface area contributed by atoms with Gasteiger partial charge in [0.25, 0.3) is 10.0 Å². The van der Waals surface area contributed by atoms with E-state index in [4.69, 9.17) is 21.1 Å². The second-order valence-corrected chi connectivity index (χ2v) is 9.14. The van der Waals surface area contributed by atoms with Crippen LogP contribution in [0.3, 0.4) is 0 Å². The van der Waals surface area contributed by atoms with E-state index in [9.17, 15) is 13.2 Å². The highest BCUT2D eigenvalue weighted by Gasteiger charge is 2.32. The summed E-state index contributed by atoms with van der Waals surface area (Å²) >= 11 is 6.21. The summed E-state index contributed by atoms with van der Waals surface area (Å²) in [5, 5.41) is 0.0494. The first-order valence-electron chi connectivity index (χ1n) is 9.72. The highest BCUT2D eigenvalue weighted by Crippen LogP contribution is 2.35. The number of fused-ring (bicyclic) bond motifs is 1. The van der Waals surface area contributed by atoms with Gasteiger partial charge in [-0.2, -0.15) is 0 Å². The Balaban J connectivity index is 1.47. The Labute approximate surface area is 186 Å². The zero-order valence-corrected chi connectivity index (χ0v) is 18.1. The molecule has 0 atom stereocenters. The molecule has 0 spiro atoms. The van der Waals surface area contributed by atoms with E-state index in [-0.39, 0.29) is 28.7 Å². The second kappa shape index (κ2) is 8.99. The predicted octanol–water partition coefficient (Wildman–Crippen LogP) is 4.33. The van der Waals surface area contributed by atoms with Crippen LogP contribution >= 0.6 is 11.6 Å². The van der Waals surface area contributed by atoms with E-state index in [1.807, 2.05) is 30.3 Å². The lowest BCUT2D eigenvalue weighted by atomic mass is 10.2. The van der Waals surface area contributed by atoms with Gasteiger partial charge >= 0.3 is 5.97 Å². The molecule has 160 valence electrons. The van der Waals surface area contributed by atoms with Gasteiger partial charge in [0.15, 0.2) is 0 Å². The largest absolute Gasteiger partial charge is 0.490 e. The smallest absolute Gasteiger partial charge is 0.338 e. The number of para-hydroxylation sites is 2. The molecule has 0 saturated carbocycles. The van der Waals surface area contributed by atoms with Gasteiger partial charge in [0.05, 0.1) is 16.3 Å². The molecule has 1 aliphatic heterocycles. The molecular weight excluding hydrogens is 438 g/mol. The number of anilines is 1. The minimum Gasteiger partial charge on any atom is -0.490 e. The van der Waals surface area contributed by atoms with E-state index in [2.05, 4.69) is 0 Å². The lowest BCUT2D eigenvalue weighted by molar-refractivity contribution is 0.0450. The van der Waals surface area contributed by atoms with Crippen molar-refractivity contribution in [2.45, 2.75) is 11.3 Å². The third-order valence-corrected chi connectivity index (χ3v) is 7.20. The van der Waals surface area contributed by atoms with Crippen LogP contribution in [-0.2, 0) is 21.2 Å².